The molecule has 3 nitrogen and oxygen atoms in total. The molecule has 72 valence electrons. The molecular formula is C10H11N3S. The van der Waals surface area contributed by atoms with Crippen LogP contribution in [0.5, 0.6) is 0 Å². The van der Waals surface area contributed by atoms with Crippen molar-refractivity contribution in [3.63, 3.8) is 0 Å². The van der Waals surface area contributed by atoms with Crippen LogP contribution in [-0.2, 0) is 6.42 Å². The van der Waals surface area contributed by atoms with E-state index in [-0.39, 0.29) is 0 Å². The molecule has 0 aliphatic heterocycles. The lowest BCUT2D eigenvalue weighted by Crippen LogP contribution is -1.87. The van der Waals surface area contributed by atoms with E-state index in [2.05, 4.69) is 16.9 Å². The van der Waals surface area contributed by atoms with E-state index in [0.717, 1.165) is 17.8 Å². The summed E-state index contributed by atoms with van der Waals surface area (Å²) in [5.41, 5.74) is 7.50. The molecule has 0 radical (unpaired) electrons. The molecule has 0 aromatic carbocycles. The Hall–Kier alpha value is -1.42. The smallest absolute Gasteiger partial charge is 0.180 e. The molecule has 4 heteroatoms. The van der Waals surface area contributed by atoms with E-state index in [1.54, 1.807) is 6.20 Å². The fourth-order valence-electron chi connectivity index (χ4n) is 1.31. The van der Waals surface area contributed by atoms with Crippen LogP contribution >= 0.6 is 11.3 Å². The van der Waals surface area contributed by atoms with Gasteiger partial charge in [-0.05, 0) is 18.6 Å². The minimum Gasteiger partial charge on any atom is -0.375 e. The van der Waals surface area contributed by atoms with E-state index in [9.17, 15) is 0 Å². The van der Waals surface area contributed by atoms with Crippen LogP contribution in [0.2, 0.25) is 0 Å². The van der Waals surface area contributed by atoms with Gasteiger partial charge in [-0.1, -0.05) is 13.0 Å². The topological polar surface area (TPSA) is 51.8 Å². The number of aryl methyl sites for hydroxylation is 1. The molecule has 0 spiro atoms. The standard InChI is InChI=1S/C10H11N3S/c1-2-8-9(13-10(11)14-8)7-5-3-4-6-12-7/h3-6H,2H2,1H3,(H2,11,13). The molecular weight excluding hydrogens is 194 g/mol. The Morgan fingerprint density at radius 3 is 2.93 bits per heavy atom. The maximum absolute atomic E-state index is 5.67. The van der Waals surface area contributed by atoms with Crippen molar-refractivity contribution in [2.75, 3.05) is 5.73 Å². The van der Waals surface area contributed by atoms with Crippen LogP contribution < -0.4 is 5.73 Å². The van der Waals surface area contributed by atoms with E-state index in [0.29, 0.717) is 5.13 Å². The van der Waals surface area contributed by atoms with E-state index >= 15 is 0 Å². The van der Waals surface area contributed by atoms with Crippen LogP contribution in [0, 0.1) is 0 Å². The lowest BCUT2D eigenvalue weighted by molar-refractivity contribution is 1.16. The third kappa shape index (κ3) is 1.61. The number of aromatic nitrogens is 2. The van der Waals surface area contributed by atoms with Crippen LogP contribution in [0.25, 0.3) is 11.4 Å². The van der Waals surface area contributed by atoms with Crippen molar-refractivity contribution in [2.45, 2.75) is 13.3 Å². The minimum atomic E-state index is 0.613. The van der Waals surface area contributed by atoms with Crippen molar-refractivity contribution >= 4 is 16.5 Å². The summed E-state index contributed by atoms with van der Waals surface area (Å²) in [7, 11) is 0. The first-order valence-electron chi connectivity index (χ1n) is 4.48. The molecule has 0 unspecified atom stereocenters. The highest BCUT2D eigenvalue weighted by atomic mass is 32.1. The highest BCUT2D eigenvalue weighted by Crippen LogP contribution is 2.28. The van der Waals surface area contributed by atoms with Gasteiger partial charge >= 0.3 is 0 Å². The quantitative estimate of drug-likeness (QED) is 0.818. The average molecular weight is 205 g/mol. The van der Waals surface area contributed by atoms with Crippen molar-refractivity contribution in [1.82, 2.24) is 9.97 Å². The van der Waals surface area contributed by atoms with Gasteiger partial charge in [0.2, 0.25) is 0 Å². The predicted molar refractivity (Wildman–Crippen MR) is 59.1 cm³/mol. The second-order valence-electron chi connectivity index (χ2n) is 2.89. The number of pyridine rings is 1. The van der Waals surface area contributed by atoms with Gasteiger partial charge in [-0.15, -0.1) is 11.3 Å². The molecule has 0 atom stereocenters. The molecule has 0 aliphatic carbocycles. The monoisotopic (exact) mass is 205 g/mol. The van der Waals surface area contributed by atoms with Gasteiger partial charge in [0.25, 0.3) is 0 Å². The summed E-state index contributed by atoms with van der Waals surface area (Å²) in [5, 5.41) is 0.613. The molecule has 2 N–H and O–H groups in total. The lowest BCUT2D eigenvalue weighted by Gasteiger charge is -1.97. The van der Waals surface area contributed by atoms with Gasteiger partial charge in [-0.2, -0.15) is 0 Å². The molecule has 0 saturated carbocycles. The molecule has 2 rings (SSSR count). The van der Waals surface area contributed by atoms with E-state index in [4.69, 9.17) is 5.73 Å². The zero-order valence-corrected chi connectivity index (χ0v) is 8.71. The van der Waals surface area contributed by atoms with Crippen LogP contribution in [0.4, 0.5) is 5.13 Å². The highest BCUT2D eigenvalue weighted by Gasteiger charge is 2.10. The largest absolute Gasteiger partial charge is 0.375 e. The molecule has 0 aliphatic rings. The van der Waals surface area contributed by atoms with Crippen molar-refractivity contribution in [3.8, 4) is 11.4 Å². The SMILES string of the molecule is CCc1sc(N)nc1-c1ccccn1. The van der Waals surface area contributed by atoms with Crippen LogP contribution in [0.1, 0.15) is 11.8 Å². The zero-order chi connectivity index (χ0) is 9.97. The number of nitrogens with two attached hydrogens (primary N) is 1. The third-order valence-electron chi connectivity index (χ3n) is 1.94. The Morgan fingerprint density at radius 2 is 2.29 bits per heavy atom. The number of nitrogens with zero attached hydrogens (tertiary/aromatic N) is 2. The number of rotatable bonds is 2. The Balaban J connectivity index is 2.51. The second-order valence-corrected chi connectivity index (χ2v) is 4.01. The van der Waals surface area contributed by atoms with Crippen LogP contribution in [0.15, 0.2) is 24.4 Å². The normalized spacial score (nSPS) is 10.4. The number of hydrogen-bond acceptors (Lipinski definition) is 4. The zero-order valence-electron chi connectivity index (χ0n) is 7.90. The summed E-state index contributed by atoms with van der Waals surface area (Å²) in [4.78, 5) is 9.74. The van der Waals surface area contributed by atoms with Gasteiger partial charge < -0.3 is 5.73 Å². The maximum Gasteiger partial charge on any atom is 0.180 e. The van der Waals surface area contributed by atoms with Crippen molar-refractivity contribution in [1.29, 1.82) is 0 Å². The molecule has 0 bridgehead atoms. The highest BCUT2D eigenvalue weighted by molar-refractivity contribution is 7.15. The maximum atomic E-state index is 5.67. The Morgan fingerprint density at radius 1 is 1.43 bits per heavy atom. The van der Waals surface area contributed by atoms with Gasteiger partial charge in [0.1, 0.15) is 5.69 Å². The van der Waals surface area contributed by atoms with Crippen molar-refractivity contribution in [2.24, 2.45) is 0 Å². The summed E-state index contributed by atoms with van der Waals surface area (Å²) in [6, 6.07) is 5.80. The van der Waals surface area contributed by atoms with Gasteiger partial charge in [-0.3, -0.25) is 4.98 Å². The Bertz CT molecular complexity index is 422. The van der Waals surface area contributed by atoms with Crippen molar-refractivity contribution < 1.29 is 0 Å². The third-order valence-corrected chi connectivity index (χ3v) is 2.97. The molecule has 0 fully saturated rings. The Labute approximate surface area is 86.6 Å². The van der Waals surface area contributed by atoms with Gasteiger partial charge in [0.05, 0.1) is 5.69 Å². The van der Waals surface area contributed by atoms with Crippen molar-refractivity contribution in [3.05, 3.63) is 29.3 Å². The van der Waals surface area contributed by atoms with E-state index in [1.165, 1.54) is 16.2 Å². The number of thiazole rings is 1. The average Bonchev–Trinajstić information content (AvgIpc) is 2.61. The van der Waals surface area contributed by atoms with E-state index in [1.807, 2.05) is 18.2 Å². The number of hydrogen-bond donors (Lipinski definition) is 1. The minimum absolute atomic E-state index is 0.613. The summed E-state index contributed by atoms with van der Waals surface area (Å²) in [6.45, 7) is 2.10. The molecule has 0 amide bonds. The number of anilines is 1. The Kier molecular flexibility index (Phi) is 2.45. The lowest BCUT2D eigenvalue weighted by atomic mass is 10.2. The summed E-state index contributed by atoms with van der Waals surface area (Å²) < 4.78 is 0. The summed E-state index contributed by atoms with van der Waals surface area (Å²) >= 11 is 1.54. The summed E-state index contributed by atoms with van der Waals surface area (Å²) in [6.07, 6.45) is 2.71. The fraction of sp³-hybridized carbons (Fsp3) is 0.200. The second kappa shape index (κ2) is 3.75. The fourth-order valence-corrected chi connectivity index (χ4v) is 2.09. The van der Waals surface area contributed by atoms with Gasteiger partial charge in [-0.25, -0.2) is 4.98 Å². The van der Waals surface area contributed by atoms with Crippen LogP contribution in [0.3, 0.4) is 0 Å². The van der Waals surface area contributed by atoms with E-state index < -0.39 is 0 Å². The van der Waals surface area contributed by atoms with Gasteiger partial charge in [0, 0.05) is 11.1 Å². The van der Waals surface area contributed by atoms with Gasteiger partial charge in [0.15, 0.2) is 5.13 Å². The summed E-state index contributed by atoms with van der Waals surface area (Å²) in [5.74, 6) is 0. The first-order valence-corrected chi connectivity index (χ1v) is 5.29. The molecule has 2 heterocycles. The predicted octanol–water partition coefficient (Wildman–Crippen LogP) is 2.35. The first kappa shape index (κ1) is 9.15. The van der Waals surface area contributed by atoms with Crippen LogP contribution in [-0.4, -0.2) is 9.97 Å². The first-order chi connectivity index (χ1) is 6.81. The number of nitrogen functional groups attached to an aromatic ring is 1. The molecule has 0 saturated heterocycles. The molecule has 2 aromatic heterocycles. The molecule has 14 heavy (non-hydrogen) atoms. The molecule has 2 aromatic rings.